The third kappa shape index (κ3) is 3.32. The summed E-state index contributed by atoms with van der Waals surface area (Å²) in [6, 6.07) is 13.6. The Hall–Kier alpha value is -2.11. The lowest BCUT2D eigenvalue weighted by Crippen LogP contribution is -2.30. The highest BCUT2D eigenvalue weighted by atomic mass is 19.1. The Balaban J connectivity index is 1.64. The summed E-state index contributed by atoms with van der Waals surface area (Å²) in [6.07, 6.45) is 1.09. The highest BCUT2D eigenvalue weighted by molar-refractivity contribution is 5.37. The predicted octanol–water partition coefficient (Wildman–Crippen LogP) is 3.54. The molecule has 0 saturated carbocycles. The van der Waals surface area contributed by atoms with Crippen LogP contribution in [0.1, 0.15) is 22.3 Å². The fourth-order valence-electron chi connectivity index (χ4n) is 2.66. The summed E-state index contributed by atoms with van der Waals surface area (Å²) in [5, 5.41) is 0. The van der Waals surface area contributed by atoms with Gasteiger partial charge >= 0.3 is 0 Å². The van der Waals surface area contributed by atoms with Gasteiger partial charge in [-0.3, -0.25) is 4.90 Å². The van der Waals surface area contributed by atoms with E-state index in [4.69, 9.17) is 0 Å². The van der Waals surface area contributed by atoms with E-state index in [1.165, 1.54) is 17.2 Å². The van der Waals surface area contributed by atoms with Gasteiger partial charge in [-0.1, -0.05) is 36.1 Å². The van der Waals surface area contributed by atoms with Crippen molar-refractivity contribution in [2.45, 2.75) is 19.9 Å². The number of aryl methyl sites for hydroxylation is 1. The van der Waals surface area contributed by atoms with Gasteiger partial charge in [0, 0.05) is 18.7 Å². The maximum Gasteiger partial charge on any atom is 0.126 e. The molecule has 1 nitrogen and oxygen atoms in total. The van der Waals surface area contributed by atoms with Crippen LogP contribution in [0.5, 0.6) is 0 Å². The van der Waals surface area contributed by atoms with Gasteiger partial charge in [-0.2, -0.15) is 0 Å². The molecule has 1 aliphatic heterocycles. The van der Waals surface area contributed by atoms with Gasteiger partial charge in [0.25, 0.3) is 0 Å². The Morgan fingerprint density at radius 1 is 1.14 bits per heavy atom. The van der Waals surface area contributed by atoms with E-state index in [0.717, 1.165) is 31.6 Å². The lowest BCUT2D eigenvalue weighted by molar-refractivity contribution is 0.286. The van der Waals surface area contributed by atoms with Gasteiger partial charge in [-0.15, -0.1) is 0 Å². The molecule has 106 valence electrons. The fraction of sp³-hybridized carbons (Fsp3) is 0.263. The minimum Gasteiger partial charge on any atom is -0.288 e. The van der Waals surface area contributed by atoms with Crippen LogP contribution < -0.4 is 0 Å². The molecule has 0 saturated heterocycles. The molecule has 2 aromatic carbocycles. The third-order valence-corrected chi connectivity index (χ3v) is 3.90. The first-order valence-corrected chi connectivity index (χ1v) is 7.26. The van der Waals surface area contributed by atoms with Gasteiger partial charge in [0.15, 0.2) is 0 Å². The first-order valence-electron chi connectivity index (χ1n) is 7.26. The highest BCUT2D eigenvalue weighted by Crippen LogP contribution is 2.17. The largest absolute Gasteiger partial charge is 0.288 e. The number of fused-ring (bicyclic) bond motifs is 1. The summed E-state index contributed by atoms with van der Waals surface area (Å²) in [5.74, 6) is 6.16. The maximum absolute atomic E-state index is 13.2. The van der Waals surface area contributed by atoms with E-state index in [9.17, 15) is 4.39 Å². The van der Waals surface area contributed by atoms with E-state index in [0.29, 0.717) is 5.56 Å². The summed E-state index contributed by atoms with van der Waals surface area (Å²) in [7, 11) is 0. The number of rotatable bonds is 1. The summed E-state index contributed by atoms with van der Waals surface area (Å²) in [6.45, 7) is 4.54. The van der Waals surface area contributed by atoms with Crippen molar-refractivity contribution in [3.8, 4) is 11.8 Å². The van der Waals surface area contributed by atoms with Crippen molar-refractivity contribution in [1.29, 1.82) is 0 Å². The Morgan fingerprint density at radius 3 is 2.76 bits per heavy atom. The molecule has 0 fully saturated rings. The molecule has 0 unspecified atom stereocenters. The number of hydrogen-bond donors (Lipinski definition) is 0. The number of hydrogen-bond acceptors (Lipinski definition) is 1. The van der Waals surface area contributed by atoms with Crippen LogP contribution in [0, 0.1) is 24.6 Å². The first kappa shape index (κ1) is 13.9. The number of nitrogens with zero attached hydrogens (tertiary/aromatic N) is 1. The van der Waals surface area contributed by atoms with Crippen LogP contribution in [0.3, 0.4) is 0 Å². The average molecular weight is 279 g/mol. The summed E-state index contributed by atoms with van der Waals surface area (Å²) in [4.78, 5) is 2.35. The standard InChI is InChI=1S/C19H18FN/c1-15-13-16(8-9-19(15)20)5-4-11-21-12-10-17-6-2-3-7-18(17)14-21/h2-3,6-9,13H,10-12,14H2,1H3. The van der Waals surface area contributed by atoms with Crippen molar-refractivity contribution in [1.82, 2.24) is 4.90 Å². The lowest BCUT2D eigenvalue weighted by Gasteiger charge is -2.26. The number of halogens is 1. The molecule has 1 aliphatic rings. The predicted molar refractivity (Wildman–Crippen MR) is 83.4 cm³/mol. The van der Waals surface area contributed by atoms with Crippen LogP contribution in [0.15, 0.2) is 42.5 Å². The van der Waals surface area contributed by atoms with E-state index in [1.54, 1.807) is 19.1 Å². The summed E-state index contributed by atoms with van der Waals surface area (Å²) >= 11 is 0. The molecule has 0 aromatic heterocycles. The van der Waals surface area contributed by atoms with Crippen LogP contribution >= 0.6 is 0 Å². The van der Waals surface area contributed by atoms with Crippen LogP contribution in [0.4, 0.5) is 4.39 Å². The van der Waals surface area contributed by atoms with Crippen LogP contribution in [-0.2, 0) is 13.0 Å². The molecule has 0 spiro atoms. The minimum absolute atomic E-state index is 0.173. The summed E-state index contributed by atoms with van der Waals surface area (Å²) < 4.78 is 13.2. The lowest BCUT2D eigenvalue weighted by atomic mass is 10.00. The monoisotopic (exact) mass is 279 g/mol. The van der Waals surface area contributed by atoms with E-state index in [-0.39, 0.29) is 5.82 Å². The molecule has 0 aliphatic carbocycles. The van der Waals surface area contributed by atoms with Crippen LogP contribution in [-0.4, -0.2) is 18.0 Å². The topological polar surface area (TPSA) is 3.24 Å². The van der Waals surface area contributed by atoms with Gasteiger partial charge in [0.1, 0.15) is 5.82 Å². The molecule has 3 rings (SSSR count). The van der Waals surface area contributed by atoms with Crippen LogP contribution in [0.25, 0.3) is 0 Å². The second kappa shape index (κ2) is 6.11. The van der Waals surface area contributed by atoms with Crippen molar-refractivity contribution >= 4 is 0 Å². The van der Waals surface area contributed by atoms with Crippen molar-refractivity contribution in [3.63, 3.8) is 0 Å². The van der Waals surface area contributed by atoms with Crippen molar-refractivity contribution in [2.75, 3.05) is 13.1 Å². The van der Waals surface area contributed by atoms with Crippen LogP contribution in [0.2, 0.25) is 0 Å². The molecular weight excluding hydrogens is 261 g/mol. The minimum atomic E-state index is -0.173. The molecular formula is C19H18FN. The maximum atomic E-state index is 13.2. The zero-order valence-corrected chi connectivity index (χ0v) is 12.2. The Bertz CT molecular complexity index is 709. The molecule has 0 radical (unpaired) electrons. The molecule has 1 heterocycles. The van der Waals surface area contributed by atoms with Gasteiger partial charge < -0.3 is 0 Å². The Kier molecular flexibility index (Phi) is 4.03. The van der Waals surface area contributed by atoms with Crippen molar-refractivity contribution in [3.05, 3.63) is 70.5 Å². The molecule has 0 amide bonds. The van der Waals surface area contributed by atoms with Gasteiger partial charge in [0.2, 0.25) is 0 Å². The Morgan fingerprint density at radius 2 is 1.95 bits per heavy atom. The highest BCUT2D eigenvalue weighted by Gasteiger charge is 2.14. The van der Waals surface area contributed by atoms with Gasteiger partial charge in [0.05, 0.1) is 6.54 Å². The molecule has 2 heteroatoms. The second-order valence-electron chi connectivity index (χ2n) is 5.50. The molecule has 0 atom stereocenters. The third-order valence-electron chi connectivity index (χ3n) is 3.90. The SMILES string of the molecule is Cc1cc(C#CCN2CCc3ccccc3C2)ccc1F. The van der Waals surface area contributed by atoms with Gasteiger partial charge in [-0.25, -0.2) is 4.39 Å². The smallest absolute Gasteiger partial charge is 0.126 e. The molecule has 0 N–H and O–H groups in total. The van der Waals surface area contributed by atoms with E-state index < -0.39 is 0 Å². The Labute approximate surface area is 125 Å². The quantitative estimate of drug-likeness (QED) is 0.722. The number of benzene rings is 2. The molecule has 21 heavy (non-hydrogen) atoms. The first-order chi connectivity index (χ1) is 10.2. The van der Waals surface area contributed by atoms with Gasteiger partial charge in [-0.05, 0) is 48.2 Å². The van der Waals surface area contributed by atoms with E-state index in [2.05, 4.69) is 41.0 Å². The van der Waals surface area contributed by atoms with E-state index >= 15 is 0 Å². The molecule has 2 aromatic rings. The summed E-state index contributed by atoms with van der Waals surface area (Å²) in [5.41, 5.74) is 4.39. The zero-order chi connectivity index (χ0) is 14.7. The average Bonchev–Trinajstić information content (AvgIpc) is 2.51. The van der Waals surface area contributed by atoms with E-state index in [1.807, 2.05) is 0 Å². The van der Waals surface area contributed by atoms with Crippen molar-refractivity contribution in [2.24, 2.45) is 0 Å². The zero-order valence-electron chi connectivity index (χ0n) is 12.2. The second-order valence-corrected chi connectivity index (χ2v) is 5.50. The van der Waals surface area contributed by atoms with Crippen molar-refractivity contribution < 1.29 is 4.39 Å². The molecule has 0 bridgehead atoms. The fourth-order valence-corrected chi connectivity index (χ4v) is 2.66. The normalized spacial score (nSPS) is 14.2.